The average molecular weight is 397 g/mol. The maximum atomic E-state index is 13.3. The Bertz CT molecular complexity index is 1090. The van der Waals surface area contributed by atoms with E-state index in [9.17, 15) is 14.0 Å². The first kappa shape index (κ1) is 20.5. The number of rotatable bonds is 7. The van der Waals surface area contributed by atoms with Crippen molar-refractivity contribution in [1.82, 2.24) is 14.5 Å². The molecule has 2 aromatic carbocycles. The predicted molar refractivity (Wildman–Crippen MR) is 110 cm³/mol. The summed E-state index contributed by atoms with van der Waals surface area (Å²) >= 11 is 0. The molecule has 1 N–H and O–H groups in total. The molecule has 7 heteroatoms. The zero-order valence-electron chi connectivity index (χ0n) is 16.7. The van der Waals surface area contributed by atoms with Crippen LogP contribution in [0.4, 0.5) is 4.39 Å². The molecular weight excluding hydrogens is 373 g/mol. The van der Waals surface area contributed by atoms with E-state index >= 15 is 0 Å². The molecule has 0 aliphatic carbocycles. The van der Waals surface area contributed by atoms with E-state index in [0.29, 0.717) is 18.5 Å². The highest BCUT2D eigenvalue weighted by molar-refractivity contribution is 5.31. The molecule has 0 radical (unpaired) electrons. The fraction of sp³-hybridized carbons (Fsp3) is 0.273. The third kappa shape index (κ3) is 4.81. The van der Waals surface area contributed by atoms with Crippen LogP contribution in [0, 0.1) is 5.82 Å². The molecule has 1 unspecified atom stereocenters. The summed E-state index contributed by atoms with van der Waals surface area (Å²) in [6.45, 7) is 0.290. The Kier molecular flexibility index (Phi) is 6.29. The summed E-state index contributed by atoms with van der Waals surface area (Å²) in [6.07, 6.45) is 2.17. The predicted octanol–water partition coefficient (Wildman–Crippen LogP) is 2.31. The Morgan fingerprint density at radius 3 is 2.31 bits per heavy atom. The van der Waals surface area contributed by atoms with Gasteiger partial charge in [-0.2, -0.15) is 0 Å². The van der Waals surface area contributed by atoms with Crippen molar-refractivity contribution in [3.05, 3.63) is 98.1 Å². The van der Waals surface area contributed by atoms with Gasteiger partial charge in [-0.3, -0.25) is 9.36 Å². The fourth-order valence-corrected chi connectivity index (χ4v) is 3.24. The van der Waals surface area contributed by atoms with Gasteiger partial charge in [-0.15, -0.1) is 0 Å². The molecule has 0 spiro atoms. The molecule has 3 aromatic rings. The summed E-state index contributed by atoms with van der Waals surface area (Å²) in [5.74, 6) is 0.470. The monoisotopic (exact) mass is 397 g/mol. The first-order chi connectivity index (χ1) is 13.9. The van der Waals surface area contributed by atoms with Gasteiger partial charge in [-0.1, -0.05) is 24.3 Å². The minimum atomic E-state index is -0.364. The van der Waals surface area contributed by atoms with E-state index in [1.165, 1.54) is 23.7 Å². The molecule has 152 valence electrons. The summed E-state index contributed by atoms with van der Waals surface area (Å²) in [5.41, 5.74) is 1.78. The van der Waals surface area contributed by atoms with Crippen LogP contribution < -0.4 is 21.3 Å². The standard InChI is InChI=1S/C22H24FN3O3/c1-25-14-17(21(27)26(2)22(25)28)13-24-20(12-15-4-8-18(23)9-5-15)16-6-10-19(29-3)11-7-16/h4-11,14,20,24H,12-13H2,1-3H3. The molecule has 1 atom stereocenters. The van der Waals surface area contributed by atoms with Crippen LogP contribution in [0.15, 0.2) is 64.3 Å². The van der Waals surface area contributed by atoms with Gasteiger partial charge in [-0.05, 0) is 41.8 Å². The van der Waals surface area contributed by atoms with Gasteiger partial charge in [0, 0.05) is 38.4 Å². The summed E-state index contributed by atoms with van der Waals surface area (Å²) in [6, 6.07) is 13.9. The quantitative estimate of drug-likeness (QED) is 0.665. The summed E-state index contributed by atoms with van der Waals surface area (Å²) in [4.78, 5) is 24.3. The van der Waals surface area contributed by atoms with Crippen LogP contribution in [0.1, 0.15) is 22.7 Å². The number of methoxy groups -OCH3 is 1. The van der Waals surface area contributed by atoms with Crippen LogP contribution in [-0.2, 0) is 27.1 Å². The number of hydrogen-bond donors (Lipinski definition) is 1. The minimum absolute atomic E-state index is 0.117. The number of nitrogens with one attached hydrogen (secondary N) is 1. The molecule has 0 bridgehead atoms. The maximum absolute atomic E-state index is 13.3. The molecule has 6 nitrogen and oxygen atoms in total. The van der Waals surface area contributed by atoms with Crippen molar-refractivity contribution in [1.29, 1.82) is 0 Å². The Morgan fingerprint density at radius 2 is 1.69 bits per heavy atom. The largest absolute Gasteiger partial charge is 0.497 e. The fourth-order valence-electron chi connectivity index (χ4n) is 3.24. The lowest BCUT2D eigenvalue weighted by Crippen LogP contribution is -2.39. The number of benzene rings is 2. The summed E-state index contributed by atoms with van der Waals surface area (Å²) in [5, 5.41) is 3.40. The van der Waals surface area contributed by atoms with Crippen molar-refractivity contribution in [3.63, 3.8) is 0 Å². The highest BCUT2D eigenvalue weighted by Crippen LogP contribution is 2.22. The second kappa shape index (κ2) is 8.87. The zero-order chi connectivity index (χ0) is 21.0. The van der Waals surface area contributed by atoms with Crippen molar-refractivity contribution in [2.45, 2.75) is 19.0 Å². The summed E-state index contributed by atoms with van der Waals surface area (Å²) in [7, 11) is 4.69. The van der Waals surface area contributed by atoms with Crippen molar-refractivity contribution < 1.29 is 9.13 Å². The lowest BCUT2D eigenvalue weighted by molar-refractivity contribution is 0.414. The third-order valence-electron chi connectivity index (χ3n) is 4.93. The molecule has 1 heterocycles. The van der Waals surface area contributed by atoms with Gasteiger partial charge in [0.1, 0.15) is 11.6 Å². The van der Waals surface area contributed by atoms with E-state index in [1.54, 1.807) is 32.5 Å². The molecule has 0 aliphatic rings. The first-order valence-corrected chi connectivity index (χ1v) is 9.26. The maximum Gasteiger partial charge on any atom is 0.330 e. The van der Waals surface area contributed by atoms with Crippen LogP contribution in [-0.4, -0.2) is 16.2 Å². The van der Waals surface area contributed by atoms with Crippen LogP contribution >= 0.6 is 0 Å². The average Bonchev–Trinajstić information content (AvgIpc) is 2.74. The number of nitrogens with zero attached hydrogens (tertiary/aromatic N) is 2. The Labute approximate surface area is 168 Å². The molecule has 0 saturated carbocycles. The van der Waals surface area contributed by atoms with Gasteiger partial charge >= 0.3 is 5.69 Å². The second-order valence-electron chi connectivity index (χ2n) is 6.95. The third-order valence-corrected chi connectivity index (χ3v) is 4.93. The molecular formula is C22H24FN3O3. The first-order valence-electron chi connectivity index (χ1n) is 9.26. The molecule has 0 saturated heterocycles. The van der Waals surface area contributed by atoms with Crippen LogP contribution in [0.5, 0.6) is 5.75 Å². The van der Waals surface area contributed by atoms with Gasteiger partial charge in [-0.25, -0.2) is 9.18 Å². The number of ether oxygens (including phenoxy) is 1. The molecule has 1 aromatic heterocycles. The van der Waals surface area contributed by atoms with Crippen LogP contribution in [0.25, 0.3) is 0 Å². The number of hydrogen-bond acceptors (Lipinski definition) is 4. The van der Waals surface area contributed by atoms with Crippen molar-refractivity contribution in [2.24, 2.45) is 14.1 Å². The highest BCUT2D eigenvalue weighted by atomic mass is 19.1. The molecule has 29 heavy (non-hydrogen) atoms. The van der Waals surface area contributed by atoms with Gasteiger partial charge in [0.25, 0.3) is 5.56 Å². The van der Waals surface area contributed by atoms with E-state index in [4.69, 9.17) is 4.74 Å². The van der Waals surface area contributed by atoms with Gasteiger partial charge < -0.3 is 14.6 Å². The number of aryl methyl sites for hydroxylation is 1. The van der Waals surface area contributed by atoms with Gasteiger partial charge in [0.2, 0.25) is 0 Å². The van der Waals surface area contributed by atoms with Crippen molar-refractivity contribution in [2.75, 3.05) is 7.11 Å². The van der Waals surface area contributed by atoms with Crippen molar-refractivity contribution >= 4 is 0 Å². The Hall–Kier alpha value is -3.19. The molecule has 0 aliphatic heterocycles. The van der Waals surface area contributed by atoms with E-state index in [1.807, 2.05) is 24.3 Å². The normalized spacial score (nSPS) is 12.0. The SMILES string of the molecule is COc1ccc(C(Cc2ccc(F)cc2)NCc2cn(C)c(=O)n(C)c2=O)cc1. The molecule has 0 amide bonds. The minimum Gasteiger partial charge on any atom is -0.497 e. The smallest absolute Gasteiger partial charge is 0.330 e. The number of halogens is 1. The van der Waals surface area contributed by atoms with Crippen LogP contribution in [0.2, 0.25) is 0 Å². The van der Waals surface area contributed by atoms with E-state index in [2.05, 4.69) is 5.32 Å². The lowest BCUT2D eigenvalue weighted by Gasteiger charge is -2.20. The summed E-state index contributed by atoms with van der Waals surface area (Å²) < 4.78 is 21.0. The number of aromatic nitrogens is 2. The van der Waals surface area contributed by atoms with Crippen molar-refractivity contribution in [3.8, 4) is 5.75 Å². The highest BCUT2D eigenvalue weighted by Gasteiger charge is 2.15. The van der Waals surface area contributed by atoms with E-state index < -0.39 is 0 Å². The van der Waals surface area contributed by atoms with Gasteiger partial charge in [0.15, 0.2) is 0 Å². The molecule has 0 fully saturated rings. The van der Waals surface area contributed by atoms with E-state index in [0.717, 1.165) is 21.4 Å². The van der Waals surface area contributed by atoms with E-state index in [-0.39, 0.29) is 23.1 Å². The topological polar surface area (TPSA) is 65.3 Å². The van der Waals surface area contributed by atoms with Crippen LogP contribution in [0.3, 0.4) is 0 Å². The zero-order valence-corrected chi connectivity index (χ0v) is 16.7. The lowest BCUT2D eigenvalue weighted by atomic mass is 9.98. The van der Waals surface area contributed by atoms with Gasteiger partial charge in [0.05, 0.1) is 7.11 Å². The second-order valence-corrected chi connectivity index (χ2v) is 6.95. The Morgan fingerprint density at radius 1 is 1.03 bits per heavy atom. The Balaban J connectivity index is 1.87. The molecule has 3 rings (SSSR count).